The summed E-state index contributed by atoms with van der Waals surface area (Å²) in [5.41, 5.74) is 2.25. The van der Waals surface area contributed by atoms with E-state index in [-0.39, 0.29) is 18.4 Å². The van der Waals surface area contributed by atoms with E-state index in [4.69, 9.17) is 4.74 Å². The summed E-state index contributed by atoms with van der Waals surface area (Å²) in [6.07, 6.45) is 2.86. The predicted octanol–water partition coefficient (Wildman–Crippen LogP) is 1.83. The number of ether oxygens (including phenoxy) is 1. The summed E-state index contributed by atoms with van der Waals surface area (Å²) in [7, 11) is 0. The van der Waals surface area contributed by atoms with E-state index in [1.54, 1.807) is 6.20 Å². The van der Waals surface area contributed by atoms with Crippen LogP contribution in [-0.4, -0.2) is 48.2 Å². The van der Waals surface area contributed by atoms with Crippen molar-refractivity contribution in [1.29, 1.82) is 0 Å². The molecule has 4 rings (SSSR count). The van der Waals surface area contributed by atoms with Gasteiger partial charge in [-0.2, -0.15) is 0 Å². The molecular weight excluding hydrogens is 316 g/mol. The number of rotatable bonds is 3. The second-order valence-corrected chi connectivity index (χ2v) is 6.55. The number of aromatic nitrogens is 2. The summed E-state index contributed by atoms with van der Waals surface area (Å²) in [4.78, 5) is 25.9. The first-order chi connectivity index (χ1) is 12.2. The second-order valence-electron chi connectivity index (χ2n) is 6.55. The van der Waals surface area contributed by atoms with Gasteiger partial charge in [0.2, 0.25) is 5.91 Å². The highest BCUT2D eigenvalue weighted by Gasteiger charge is 2.30. The van der Waals surface area contributed by atoms with Crippen LogP contribution >= 0.6 is 0 Å². The summed E-state index contributed by atoms with van der Waals surface area (Å²) in [6.45, 7) is 5.14. The van der Waals surface area contributed by atoms with Gasteiger partial charge in [0, 0.05) is 31.0 Å². The Morgan fingerprint density at radius 2 is 2.04 bits per heavy atom. The topological polar surface area (TPSA) is 58.6 Å². The third-order valence-electron chi connectivity index (χ3n) is 4.81. The van der Waals surface area contributed by atoms with Crippen molar-refractivity contribution in [2.75, 3.05) is 36.1 Å². The number of benzene rings is 1. The Labute approximate surface area is 147 Å². The molecule has 25 heavy (non-hydrogen) atoms. The number of carbonyl (C=O) groups is 1. The fourth-order valence-corrected chi connectivity index (χ4v) is 3.61. The van der Waals surface area contributed by atoms with Gasteiger partial charge in [-0.1, -0.05) is 18.2 Å². The van der Waals surface area contributed by atoms with Crippen molar-refractivity contribution < 1.29 is 9.53 Å². The van der Waals surface area contributed by atoms with Crippen LogP contribution in [0.15, 0.2) is 36.5 Å². The summed E-state index contributed by atoms with van der Waals surface area (Å²) in [5.74, 6) is 1.50. The lowest BCUT2D eigenvalue weighted by Crippen LogP contribution is -2.38. The summed E-state index contributed by atoms with van der Waals surface area (Å²) >= 11 is 0. The normalized spacial score (nSPS) is 19.8. The highest BCUT2D eigenvalue weighted by atomic mass is 16.5. The monoisotopic (exact) mass is 338 g/mol. The van der Waals surface area contributed by atoms with E-state index in [1.165, 1.54) is 5.56 Å². The third kappa shape index (κ3) is 3.22. The van der Waals surface area contributed by atoms with Gasteiger partial charge in [0.25, 0.3) is 0 Å². The molecule has 1 aromatic heterocycles. The Hall–Kier alpha value is -2.47. The number of nitrogens with zero attached hydrogens (tertiary/aromatic N) is 4. The molecule has 1 amide bonds. The van der Waals surface area contributed by atoms with Crippen molar-refractivity contribution in [2.45, 2.75) is 25.8 Å². The van der Waals surface area contributed by atoms with Gasteiger partial charge in [-0.3, -0.25) is 4.79 Å². The number of amides is 1. The molecule has 130 valence electrons. The Balaban J connectivity index is 1.51. The molecule has 1 fully saturated rings. The van der Waals surface area contributed by atoms with E-state index >= 15 is 0 Å². The fraction of sp³-hybridized carbons (Fsp3) is 0.421. The molecule has 3 heterocycles. The molecule has 0 spiro atoms. The van der Waals surface area contributed by atoms with Gasteiger partial charge < -0.3 is 14.5 Å². The minimum Gasteiger partial charge on any atom is -0.378 e. The van der Waals surface area contributed by atoms with Crippen LogP contribution in [0.5, 0.6) is 0 Å². The number of para-hydroxylation sites is 1. The average Bonchev–Trinajstić information content (AvgIpc) is 2.98. The smallest absolute Gasteiger partial charge is 0.234 e. The number of anilines is 2. The number of fused-ring (bicyclic) bond motifs is 1. The van der Waals surface area contributed by atoms with E-state index in [1.807, 2.05) is 29.2 Å². The summed E-state index contributed by atoms with van der Waals surface area (Å²) in [5, 5.41) is 0. The van der Waals surface area contributed by atoms with Crippen molar-refractivity contribution in [2.24, 2.45) is 0 Å². The van der Waals surface area contributed by atoms with Crippen LogP contribution in [0.2, 0.25) is 0 Å². The van der Waals surface area contributed by atoms with Crippen LogP contribution in [0.4, 0.5) is 11.5 Å². The molecule has 2 aliphatic rings. The quantitative estimate of drug-likeness (QED) is 0.855. The van der Waals surface area contributed by atoms with Gasteiger partial charge in [0.1, 0.15) is 11.6 Å². The maximum Gasteiger partial charge on any atom is 0.234 e. The maximum atomic E-state index is 12.9. The van der Waals surface area contributed by atoms with Gasteiger partial charge in [0.15, 0.2) is 0 Å². The molecule has 0 saturated carbocycles. The minimum atomic E-state index is 0.0524. The SMILES string of the molecule is C[C@H]1Cc2ccccc2N1C(=O)Cc1nccc(N2CCOCC2)n1. The first-order valence-corrected chi connectivity index (χ1v) is 8.77. The molecule has 0 unspecified atom stereocenters. The van der Waals surface area contributed by atoms with E-state index in [0.717, 1.165) is 31.0 Å². The molecule has 1 aromatic carbocycles. The van der Waals surface area contributed by atoms with Crippen molar-refractivity contribution >= 4 is 17.4 Å². The zero-order chi connectivity index (χ0) is 17.2. The van der Waals surface area contributed by atoms with E-state index in [0.29, 0.717) is 19.0 Å². The first kappa shape index (κ1) is 16.0. The van der Waals surface area contributed by atoms with Crippen molar-refractivity contribution in [3.8, 4) is 0 Å². The molecule has 6 nitrogen and oxygen atoms in total. The molecule has 0 aliphatic carbocycles. The summed E-state index contributed by atoms with van der Waals surface area (Å²) < 4.78 is 5.38. The molecule has 6 heteroatoms. The predicted molar refractivity (Wildman–Crippen MR) is 95.9 cm³/mol. The molecule has 2 aromatic rings. The second kappa shape index (κ2) is 6.80. The number of hydrogen-bond acceptors (Lipinski definition) is 5. The van der Waals surface area contributed by atoms with E-state index in [9.17, 15) is 4.79 Å². The Morgan fingerprint density at radius 3 is 2.88 bits per heavy atom. The number of hydrogen-bond donors (Lipinski definition) is 0. The zero-order valence-corrected chi connectivity index (χ0v) is 14.4. The largest absolute Gasteiger partial charge is 0.378 e. The molecule has 1 atom stereocenters. The molecule has 1 saturated heterocycles. The molecule has 0 bridgehead atoms. The van der Waals surface area contributed by atoms with E-state index < -0.39 is 0 Å². The highest BCUT2D eigenvalue weighted by Crippen LogP contribution is 2.32. The Bertz CT molecular complexity index is 774. The minimum absolute atomic E-state index is 0.0524. The van der Waals surface area contributed by atoms with Crippen LogP contribution in [0.25, 0.3) is 0 Å². The van der Waals surface area contributed by atoms with Gasteiger partial charge in [-0.15, -0.1) is 0 Å². The van der Waals surface area contributed by atoms with Crippen molar-refractivity contribution in [3.63, 3.8) is 0 Å². The van der Waals surface area contributed by atoms with Crippen molar-refractivity contribution in [1.82, 2.24) is 9.97 Å². The fourth-order valence-electron chi connectivity index (χ4n) is 3.61. The lowest BCUT2D eigenvalue weighted by molar-refractivity contribution is -0.118. The van der Waals surface area contributed by atoms with Crippen LogP contribution in [-0.2, 0) is 22.4 Å². The molecule has 2 aliphatic heterocycles. The van der Waals surface area contributed by atoms with Crippen LogP contribution < -0.4 is 9.80 Å². The lowest BCUT2D eigenvalue weighted by Gasteiger charge is -2.28. The first-order valence-electron chi connectivity index (χ1n) is 8.77. The molecule has 0 N–H and O–H groups in total. The molecule has 0 radical (unpaired) electrons. The maximum absolute atomic E-state index is 12.9. The third-order valence-corrected chi connectivity index (χ3v) is 4.81. The van der Waals surface area contributed by atoms with Crippen LogP contribution in [0, 0.1) is 0 Å². The Kier molecular flexibility index (Phi) is 4.36. The number of morpholine rings is 1. The highest BCUT2D eigenvalue weighted by molar-refractivity contribution is 5.97. The lowest BCUT2D eigenvalue weighted by atomic mass is 10.1. The zero-order valence-electron chi connectivity index (χ0n) is 14.4. The van der Waals surface area contributed by atoms with Gasteiger partial charge >= 0.3 is 0 Å². The number of carbonyl (C=O) groups excluding carboxylic acids is 1. The van der Waals surface area contributed by atoms with Gasteiger partial charge in [-0.25, -0.2) is 9.97 Å². The van der Waals surface area contributed by atoms with Crippen molar-refractivity contribution in [3.05, 3.63) is 47.9 Å². The summed E-state index contributed by atoms with van der Waals surface area (Å²) in [6, 6.07) is 10.2. The van der Waals surface area contributed by atoms with Gasteiger partial charge in [0.05, 0.1) is 19.6 Å². The van der Waals surface area contributed by atoms with Crippen LogP contribution in [0.1, 0.15) is 18.3 Å². The Morgan fingerprint density at radius 1 is 1.24 bits per heavy atom. The molecular formula is C19H22N4O2. The van der Waals surface area contributed by atoms with Crippen LogP contribution in [0.3, 0.4) is 0 Å². The average molecular weight is 338 g/mol. The van der Waals surface area contributed by atoms with E-state index in [2.05, 4.69) is 27.9 Å². The standard InChI is InChI=1S/C19H22N4O2/c1-14-12-15-4-2-3-5-16(15)23(14)19(24)13-17-20-7-6-18(21-17)22-8-10-25-11-9-22/h2-7,14H,8-13H2,1H3/t14-/m0/s1. The van der Waals surface area contributed by atoms with Gasteiger partial charge in [-0.05, 0) is 31.0 Å².